The van der Waals surface area contributed by atoms with Crippen LogP contribution < -0.4 is 0 Å². The van der Waals surface area contributed by atoms with Crippen molar-refractivity contribution in [1.82, 2.24) is 9.88 Å². The summed E-state index contributed by atoms with van der Waals surface area (Å²) >= 11 is 5.05. The van der Waals surface area contributed by atoms with Crippen LogP contribution in [-0.4, -0.2) is 35.4 Å². The summed E-state index contributed by atoms with van der Waals surface area (Å²) < 4.78 is 1.01. The van der Waals surface area contributed by atoms with Crippen LogP contribution in [0.5, 0.6) is 0 Å². The number of hydrogen-bond donors (Lipinski definition) is 0. The molecule has 0 N–H and O–H groups in total. The molecule has 0 bridgehead atoms. The predicted octanol–water partition coefficient (Wildman–Crippen LogP) is 2.62. The second-order valence-corrected chi connectivity index (χ2v) is 4.77. The van der Waals surface area contributed by atoms with E-state index < -0.39 is 0 Å². The Morgan fingerprint density at radius 2 is 2.33 bits per heavy atom. The molecule has 0 fully saturated rings. The van der Waals surface area contributed by atoms with E-state index >= 15 is 0 Å². The molecule has 0 saturated heterocycles. The molecule has 82 valence electrons. The Labute approximate surface area is 103 Å². The van der Waals surface area contributed by atoms with E-state index in [0.717, 1.165) is 16.2 Å². The maximum atomic E-state index is 4.20. The maximum Gasteiger partial charge on any atom is 0.158 e. The van der Waals surface area contributed by atoms with E-state index in [9.17, 15) is 0 Å². The number of hydrogen-bond acceptors (Lipinski definition) is 3. The largest absolute Gasteiger partial charge is 0.350 e. The molecule has 0 amide bonds. The maximum absolute atomic E-state index is 4.20. The molecule has 1 rings (SSSR count). The summed E-state index contributed by atoms with van der Waals surface area (Å²) in [6.45, 7) is 0.819. The Hall–Kier alpha value is -0.550. The van der Waals surface area contributed by atoms with E-state index in [1.165, 1.54) is 5.56 Å². The van der Waals surface area contributed by atoms with Gasteiger partial charge in [-0.1, -0.05) is 11.8 Å². The fourth-order valence-corrected chi connectivity index (χ4v) is 2.27. The average molecular weight is 288 g/mol. The van der Waals surface area contributed by atoms with Gasteiger partial charge in [0.2, 0.25) is 0 Å². The second-order valence-electron chi connectivity index (χ2n) is 3.08. The molecule has 0 aliphatic carbocycles. The van der Waals surface area contributed by atoms with Crippen molar-refractivity contribution in [2.24, 2.45) is 4.99 Å². The lowest BCUT2D eigenvalue weighted by molar-refractivity contribution is 0.509. The molecule has 0 aliphatic heterocycles. The van der Waals surface area contributed by atoms with Crippen LogP contribution >= 0.6 is 27.7 Å². The number of pyridine rings is 1. The van der Waals surface area contributed by atoms with Crippen LogP contribution in [0, 0.1) is 0 Å². The van der Waals surface area contributed by atoms with E-state index in [1.807, 2.05) is 26.5 Å². The Morgan fingerprint density at radius 1 is 1.60 bits per heavy atom. The zero-order valence-corrected chi connectivity index (χ0v) is 11.5. The minimum absolute atomic E-state index is 0.819. The summed E-state index contributed by atoms with van der Waals surface area (Å²) in [4.78, 5) is 10.4. The van der Waals surface area contributed by atoms with E-state index in [0.29, 0.717) is 0 Å². The molecule has 1 heterocycles. The first-order valence-corrected chi connectivity index (χ1v) is 6.50. The molecule has 3 nitrogen and oxygen atoms in total. The highest BCUT2D eigenvalue weighted by molar-refractivity contribution is 9.10. The molecule has 0 aliphatic rings. The summed E-state index contributed by atoms with van der Waals surface area (Å²) in [6, 6.07) is 2.07. The van der Waals surface area contributed by atoms with Gasteiger partial charge in [-0.25, -0.2) is 0 Å². The molecule has 1 aromatic heterocycles. The average Bonchev–Trinajstić information content (AvgIpc) is 2.19. The first-order valence-electron chi connectivity index (χ1n) is 4.48. The van der Waals surface area contributed by atoms with Gasteiger partial charge in [-0.05, 0) is 33.8 Å². The monoisotopic (exact) mass is 287 g/mol. The molecular weight excluding hydrogens is 274 g/mol. The van der Waals surface area contributed by atoms with Gasteiger partial charge in [0.1, 0.15) is 0 Å². The van der Waals surface area contributed by atoms with Crippen molar-refractivity contribution in [1.29, 1.82) is 0 Å². The van der Waals surface area contributed by atoms with Crippen LogP contribution in [0.2, 0.25) is 0 Å². The Kier molecular flexibility index (Phi) is 5.11. The molecular formula is C10H14BrN3S. The van der Waals surface area contributed by atoms with E-state index in [2.05, 4.69) is 36.9 Å². The van der Waals surface area contributed by atoms with Crippen molar-refractivity contribution in [3.05, 3.63) is 28.5 Å². The molecule has 15 heavy (non-hydrogen) atoms. The third kappa shape index (κ3) is 3.83. The predicted molar refractivity (Wildman–Crippen MR) is 70.3 cm³/mol. The summed E-state index contributed by atoms with van der Waals surface area (Å²) in [5, 5.41) is 1.02. The molecule has 0 radical (unpaired) electrons. The van der Waals surface area contributed by atoms with Crippen molar-refractivity contribution in [2.75, 3.05) is 20.4 Å². The summed E-state index contributed by atoms with van der Waals surface area (Å²) in [6.07, 6.45) is 5.68. The van der Waals surface area contributed by atoms with E-state index in [4.69, 9.17) is 0 Å². The summed E-state index contributed by atoms with van der Waals surface area (Å²) in [5.74, 6) is 0. The molecule has 0 atom stereocenters. The van der Waals surface area contributed by atoms with Crippen LogP contribution in [-0.2, 0) is 6.54 Å². The van der Waals surface area contributed by atoms with Crippen molar-refractivity contribution in [2.45, 2.75) is 6.54 Å². The Balaban J connectivity index is 2.70. The highest BCUT2D eigenvalue weighted by Crippen LogP contribution is 2.12. The van der Waals surface area contributed by atoms with Crippen molar-refractivity contribution in [3.63, 3.8) is 0 Å². The standard InChI is InChI=1S/C10H14BrN3S/c1-12-10(15-3)14(2)7-8-4-9(11)6-13-5-8/h4-6H,7H2,1-3H3. The van der Waals surface area contributed by atoms with Crippen LogP contribution in [0.4, 0.5) is 0 Å². The van der Waals surface area contributed by atoms with E-state index in [-0.39, 0.29) is 0 Å². The zero-order chi connectivity index (χ0) is 11.3. The lowest BCUT2D eigenvalue weighted by Gasteiger charge is -2.19. The number of nitrogens with zero attached hydrogens (tertiary/aromatic N) is 3. The molecule has 0 aromatic carbocycles. The minimum Gasteiger partial charge on any atom is -0.350 e. The first-order chi connectivity index (χ1) is 7.17. The number of aliphatic imine (C=N–C) groups is 1. The second kappa shape index (κ2) is 6.12. The van der Waals surface area contributed by atoms with Gasteiger partial charge >= 0.3 is 0 Å². The van der Waals surface area contributed by atoms with Crippen LogP contribution in [0.3, 0.4) is 0 Å². The van der Waals surface area contributed by atoms with Crippen LogP contribution in [0.1, 0.15) is 5.56 Å². The highest BCUT2D eigenvalue weighted by atomic mass is 79.9. The van der Waals surface area contributed by atoms with Gasteiger partial charge in [0, 0.05) is 37.5 Å². The van der Waals surface area contributed by atoms with Gasteiger partial charge in [-0.2, -0.15) is 0 Å². The minimum atomic E-state index is 0.819. The highest BCUT2D eigenvalue weighted by Gasteiger charge is 2.05. The zero-order valence-electron chi connectivity index (χ0n) is 9.07. The molecule has 0 saturated carbocycles. The smallest absolute Gasteiger partial charge is 0.158 e. The van der Waals surface area contributed by atoms with Gasteiger partial charge in [-0.3, -0.25) is 9.98 Å². The first kappa shape index (κ1) is 12.5. The van der Waals surface area contributed by atoms with Gasteiger partial charge in [0.25, 0.3) is 0 Å². The number of amidine groups is 1. The summed E-state index contributed by atoms with van der Waals surface area (Å²) in [7, 11) is 3.83. The third-order valence-corrected chi connectivity index (χ3v) is 3.17. The number of aromatic nitrogens is 1. The van der Waals surface area contributed by atoms with Crippen molar-refractivity contribution in [3.8, 4) is 0 Å². The SMILES string of the molecule is CN=C(SC)N(C)Cc1cncc(Br)c1. The topological polar surface area (TPSA) is 28.5 Å². The number of rotatable bonds is 2. The Morgan fingerprint density at radius 3 is 2.87 bits per heavy atom. The normalized spacial score (nSPS) is 11.6. The van der Waals surface area contributed by atoms with Gasteiger partial charge < -0.3 is 4.90 Å². The molecule has 0 spiro atoms. The molecule has 0 unspecified atom stereocenters. The summed E-state index contributed by atoms with van der Waals surface area (Å²) in [5.41, 5.74) is 1.17. The van der Waals surface area contributed by atoms with Gasteiger partial charge in [-0.15, -0.1) is 0 Å². The fraction of sp³-hybridized carbons (Fsp3) is 0.400. The fourth-order valence-electron chi connectivity index (χ4n) is 1.30. The van der Waals surface area contributed by atoms with E-state index in [1.54, 1.807) is 18.0 Å². The third-order valence-electron chi connectivity index (χ3n) is 1.88. The Bertz CT molecular complexity index is 354. The number of halogens is 1. The van der Waals surface area contributed by atoms with Gasteiger partial charge in [0.05, 0.1) is 0 Å². The molecule has 1 aromatic rings. The lowest BCUT2D eigenvalue weighted by Crippen LogP contribution is -2.23. The van der Waals surface area contributed by atoms with Crippen molar-refractivity contribution < 1.29 is 0 Å². The van der Waals surface area contributed by atoms with Crippen LogP contribution in [0.15, 0.2) is 27.9 Å². The van der Waals surface area contributed by atoms with Crippen molar-refractivity contribution >= 4 is 32.9 Å². The van der Waals surface area contributed by atoms with Gasteiger partial charge in [0.15, 0.2) is 5.17 Å². The lowest BCUT2D eigenvalue weighted by atomic mass is 10.3. The molecule has 5 heteroatoms. The van der Waals surface area contributed by atoms with Crippen LogP contribution in [0.25, 0.3) is 0 Å². The quantitative estimate of drug-likeness (QED) is 0.618. The number of thioether (sulfide) groups is 1.